The maximum atomic E-state index is 5.78. The number of ether oxygens (including phenoxy) is 2. The third-order valence-electron chi connectivity index (χ3n) is 2.07. The van der Waals surface area contributed by atoms with E-state index in [9.17, 15) is 0 Å². The summed E-state index contributed by atoms with van der Waals surface area (Å²) in [6.07, 6.45) is 0. The van der Waals surface area contributed by atoms with Crippen LogP contribution >= 0.6 is 11.6 Å². The molecule has 3 nitrogen and oxygen atoms in total. The SMILES string of the molecule is COc1cc(CN)c(CCl)cc1OC. The Balaban J connectivity index is 3.20. The normalized spacial score (nSPS) is 10.0. The van der Waals surface area contributed by atoms with Gasteiger partial charge in [0.05, 0.1) is 14.2 Å². The van der Waals surface area contributed by atoms with E-state index in [1.807, 2.05) is 12.1 Å². The highest BCUT2D eigenvalue weighted by atomic mass is 35.5. The van der Waals surface area contributed by atoms with Crippen LogP contribution in [0.4, 0.5) is 0 Å². The molecule has 14 heavy (non-hydrogen) atoms. The fourth-order valence-corrected chi connectivity index (χ4v) is 1.53. The zero-order valence-corrected chi connectivity index (χ0v) is 9.10. The summed E-state index contributed by atoms with van der Waals surface area (Å²) in [6, 6.07) is 3.71. The summed E-state index contributed by atoms with van der Waals surface area (Å²) >= 11 is 5.78. The molecule has 0 aliphatic rings. The summed E-state index contributed by atoms with van der Waals surface area (Å²) in [6.45, 7) is 0.447. The summed E-state index contributed by atoms with van der Waals surface area (Å²) in [5.74, 6) is 1.79. The van der Waals surface area contributed by atoms with Crippen molar-refractivity contribution in [2.24, 2.45) is 5.73 Å². The Labute approximate surface area is 88.8 Å². The average molecular weight is 216 g/mol. The van der Waals surface area contributed by atoms with E-state index in [2.05, 4.69) is 0 Å². The van der Waals surface area contributed by atoms with E-state index in [1.54, 1.807) is 14.2 Å². The van der Waals surface area contributed by atoms with Gasteiger partial charge in [-0.3, -0.25) is 0 Å². The van der Waals surface area contributed by atoms with Crippen LogP contribution in [0.5, 0.6) is 11.5 Å². The molecule has 0 saturated carbocycles. The van der Waals surface area contributed by atoms with Crippen molar-refractivity contribution in [1.82, 2.24) is 0 Å². The quantitative estimate of drug-likeness (QED) is 0.781. The predicted octanol–water partition coefficient (Wildman–Crippen LogP) is 1.90. The highest BCUT2D eigenvalue weighted by Crippen LogP contribution is 2.30. The van der Waals surface area contributed by atoms with Gasteiger partial charge in [0.1, 0.15) is 0 Å². The summed E-state index contributed by atoms with van der Waals surface area (Å²) in [5, 5.41) is 0. The van der Waals surface area contributed by atoms with E-state index in [1.165, 1.54) is 0 Å². The third-order valence-corrected chi connectivity index (χ3v) is 2.36. The number of hydrogen-bond acceptors (Lipinski definition) is 3. The lowest BCUT2D eigenvalue weighted by Crippen LogP contribution is -2.02. The maximum absolute atomic E-state index is 5.78. The lowest BCUT2D eigenvalue weighted by Gasteiger charge is -2.12. The van der Waals surface area contributed by atoms with Crippen molar-refractivity contribution in [2.45, 2.75) is 12.4 Å². The van der Waals surface area contributed by atoms with Gasteiger partial charge in [0.2, 0.25) is 0 Å². The van der Waals surface area contributed by atoms with Gasteiger partial charge >= 0.3 is 0 Å². The van der Waals surface area contributed by atoms with Gasteiger partial charge in [-0.15, -0.1) is 11.6 Å². The van der Waals surface area contributed by atoms with Crippen LogP contribution in [0.3, 0.4) is 0 Å². The Hall–Kier alpha value is -0.930. The van der Waals surface area contributed by atoms with Crippen molar-refractivity contribution in [3.05, 3.63) is 23.3 Å². The number of rotatable bonds is 4. The molecule has 0 aliphatic heterocycles. The van der Waals surface area contributed by atoms with Crippen LogP contribution in [-0.4, -0.2) is 14.2 Å². The minimum absolute atomic E-state index is 0.423. The molecule has 0 heterocycles. The Morgan fingerprint density at radius 1 is 1.14 bits per heavy atom. The Bertz CT molecular complexity index is 257. The van der Waals surface area contributed by atoms with Crippen molar-refractivity contribution in [2.75, 3.05) is 14.2 Å². The largest absolute Gasteiger partial charge is 0.493 e. The second-order valence-corrected chi connectivity index (χ2v) is 3.08. The fraction of sp³-hybridized carbons (Fsp3) is 0.400. The number of nitrogens with two attached hydrogens (primary N) is 1. The average Bonchev–Trinajstić information content (AvgIpc) is 2.26. The van der Waals surface area contributed by atoms with Gasteiger partial charge in [-0.1, -0.05) is 0 Å². The third kappa shape index (κ3) is 2.11. The molecule has 2 N–H and O–H groups in total. The summed E-state index contributed by atoms with van der Waals surface area (Å²) in [7, 11) is 3.19. The van der Waals surface area contributed by atoms with Gasteiger partial charge in [0, 0.05) is 12.4 Å². The lowest BCUT2D eigenvalue weighted by atomic mass is 10.1. The molecule has 0 bridgehead atoms. The summed E-state index contributed by atoms with van der Waals surface area (Å²) in [5.41, 5.74) is 7.55. The number of benzene rings is 1. The van der Waals surface area contributed by atoms with Gasteiger partial charge in [0.25, 0.3) is 0 Å². The minimum Gasteiger partial charge on any atom is -0.493 e. The van der Waals surface area contributed by atoms with Crippen LogP contribution in [0.25, 0.3) is 0 Å². The molecule has 0 aromatic heterocycles. The molecule has 0 amide bonds. The van der Waals surface area contributed by atoms with Crippen LogP contribution in [-0.2, 0) is 12.4 Å². The first kappa shape index (κ1) is 11.1. The minimum atomic E-state index is 0.423. The van der Waals surface area contributed by atoms with Gasteiger partial charge in [-0.25, -0.2) is 0 Å². The predicted molar refractivity (Wildman–Crippen MR) is 57.0 cm³/mol. The zero-order valence-electron chi connectivity index (χ0n) is 8.34. The highest BCUT2D eigenvalue weighted by molar-refractivity contribution is 6.17. The highest BCUT2D eigenvalue weighted by Gasteiger charge is 2.08. The standard InChI is InChI=1S/C10H14ClNO2/c1-13-9-3-7(5-11)8(6-12)4-10(9)14-2/h3-4H,5-6,12H2,1-2H3. The van der Waals surface area contributed by atoms with E-state index >= 15 is 0 Å². The second-order valence-electron chi connectivity index (χ2n) is 2.81. The molecule has 0 aliphatic carbocycles. The molecule has 0 radical (unpaired) electrons. The topological polar surface area (TPSA) is 44.5 Å². The van der Waals surface area contributed by atoms with Crippen LogP contribution in [0.1, 0.15) is 11.1 Å². The molecular formula is C10H14ClNO2. The molecule has 0 unspecified atom stereocenters. The van der Waals surface area contributed by atoms with Crippen LogP contribution in [0.2, 0.25) is 0 Å². The molecule has 4 heteroatoms. The van der Waals surface area contributed by atoms with Crippen LogP contribution in [0, 0.1) is 0 Å². The Kier molecular flexibility index (Phi) is 4.04. The molecule has 0 saturated heterocycles. The first-order valence-electron chi connectivity index (χ1n) is 4.26. The van der Waals surface area contributed by atoms with E-state index in [-0.39, 0.29) is 0 Å². The second kappa shape index (κ2) is 5.08. The first-order chi connectivity index (χ1) is 6.76. The number of alkyl halides is 1. The maximum Gasteiger partial charge on any atom is 0.161 e. The summed E-state index contributed by atoms with van der Waals surface area (Å²) in [4.78, 5) is 0. The van der Waals surface area contributed by atoms with Crippen LogP contribution < -0.4 is 15.2 Å². The monoisotopic (exact) mass is 215 g/mol. The van der Waals surface area contributed by atoms with E-state index < -0.39 is 0 Å². The van der Waals surface area contributed by atoms with Gasteiger partial charge in [-0.05, 0) is 23.3 Å². The lowest BCUT2D eigenvalue weighted by molar-refractivity contribution is 0.354. The number of methoxy groups -OCH3 is 2. The number of hydrogen-bond donors (Lipinski definition) is 1. The first-order valence-corrected chi connectivity index (χ1v) is 4.80. The smallest absolute Gasteiger partial charge is 0.161 e. The molecule has 0 atom stereocenters. The van der Waals surface area contributed by atoms with Gasteiger partial charge < -0.3 is 15.2 Å². The molecule has 1 aromatic carbocycles. The Morgan fingerprint density at radius 2 is 1.64 bits per heavy atom. The van der Waals surface area contributed by atoms with Crippen molar-refractivity contribution in [1.29, 1.82) is 0 Å². The zero-order chi connectivity index (χ0) is 10.6. The van der Waals surface area contributed by atoms with E-state index in [0.717, 1.165) is 11.1 Å². The molecule has 1 rings (SSSR count). The molecule has 1 aromatic rings. The van der Waals surface area contributed by atoms with E-state index in [4.69, 9.17) is 26.8 Å². The molecule has 0 spiro atoms. The van der Waals surface area contributed by atoms with Crippen molar-refractivity contribution < 1.29 is 9.47 Å². The van der Waals surface area contributed by atoms with Crippen molar-refractivity contribution >= 4 is 11.6 Å². The van der Waals surface area contributed by atoms with Gasteiger partial charge in [-0.2, -0.15) is 0 Å². The van der Waals surface area contributed by atoms with Crippen LogP contribution in [0.15, 0.2) is 12.1 Å². The van der Waals surface area contributed by atoms with Gasteiger partial charge in [0.15, 0.2) is 11.5 Å². The summed E-state index contributed by atoms with van der Waals surface area (Å²) < 4.78 is 10.3. The van der Waals surface area contributed by atoms with E-state index in [0.29, 0.717) is 23.9 Å². The molecule has 78 valence electrons. The van der Waals surface area contributed by atoms with Crippen molar-refractivity contribution in [3.63, 3.8) is 0 Å². The molecular weight excluding hydrogens is 202 g/mol. The number of halogens is 1. The fourth-order valence-electron chi connectivity index (χ4n) is 1.28. The Morgan fingerprint density at radius 3 is 2.00 bits per heavy atom. The van der Waals surface area contributed by atoms with Crippen molar-refractivity contribution in [3.8, 4) is 11.5 Å². The molecule has 0 fully saturated rings.